The van der Waals surface area contributed by atoms with Crippen LogP contribution in [0.5, 0.6) is 5.75 Å². The average Bonchev–Trinajstić information content (AvgIpc) is 2.98. The number of rotatable bonds is 6. The molecule has 3 rings (SSSR count). The molecule has 24 heavy (non-hydrogen) atoms. The molecule has 0 saturated carbocycles. The van der Waals surface area contributed by atoms with E-state index in [9.17, 15) is 5.11 Å². The number of para-hydroxylation sites is 2. The van der Waals surface area contributed by atoms with Crippen LogP contribution in [0.15, 0.2) is 48.5 Å². The van der Waals surface area contributed by atoms with Crippen molar-refractivity contribution in [2.45, 2.75) is 19.5 Å². The molecule has 0 spiro atoms. The van der Waals surface area contributed by atoms with Gasteiger partial charge < -0.3 is 9.84 Å². The van der Waals surface area contributed by atoms with Crippen molar-refractivity contribution in [2.24, 2.45) is 0 Å². The molecule has 0 aliphatic heterocycles. The number of ether oxygens (including phenoxy) is 1. The molecule has 3 aromatic rings. The molecular formula is C19H23N3O2. The highest BCUT2D eigenvalue weighted by atomic mass is 16.5. The second-order valence-electron chi connectivity index (χ2n) is 6.00. The minimum atomic E-state index is 0.0779. The van der Waals surface area contributed by atoms with Gasteiger partial charge in [0.15, 0.2) is 0 Å². The maximum absolute atomic E-state index is 9.38. The number of likely N-dealkylation sites (N-methyl/N-ethyl adjacent to an activating group) is 1. The quantitative estimate of drug-likeness (QED) is 0.757. The van der Waals surface area contributed by atoms with Crippen LogP contribution in [-0.2, 0) is 6.54 Å². The van der Waals surface area contributed by atoms with E-state index in [2.05, 4.69) is 15.5 Å². The standard InChI is InChI=1S/C19H23N3O2/c1-14(13-23)21(2)12-19-20-17-6-4-5-7-18(17)22(19)15-8-10-16(24-3)11-9-15/h4-11,14,23H,12-13H2,1-3H3. The molecule has 0 aliphatic carbocycles. The zero-order chi connectivity index (χ0) is 17.1. The van der Waals surface area contributed by atoms with Crippen molar-refractivity contribution in [2.75, 3.05) is 20.8 Å². The number of imidazole rings is 1. The third kappa shape index (κ3) is 3.13. The van der Waals surface area contributed by atoms with E-state index >= 15 is 0 Å². The summed E-state index contributed by atoms with van der Waals surface area (Å²) in [5, 5.41) is 9.38. The van der Waals surface area contributed by atoms with Crippen LogP contribution in [-0.4, -0.2) is 46.4 Å². The van der Waals surface area contributed by atoms with Crippen LogP contribution in [0.3, 0.4) is 0 Å². The molecule has 1 aromatic heterocycles. The molecule has 0 fully saturated rings. The van der Waals surface area contributed by atoms with Crippen molar-refractivity contribution in [3.8, 4) is 11.4 Å². The molecule has 2 aromatic carbocycles. The van der Waals surface area contributed by atoms with Crippen LogP contribution < -0.4 is 4.74 Å². The summed E-state index contributed by atoms with van der Waals surface area (Å²) < 4.78 is 7.42. The Morgan fingerprint density at radius 1 is 1.17 bits per heavy atom. The Morgan fingerprint density at radius 3 is 2.54 bits per heavy atom. The monoisotopic (exact) mass is 325 g/mol. The molecule has 1 atom stereocenters. The summed E-state index contributed by atoms with van der Waals surface area (Å²) >= 11 is 0. The predicted octanol–water partition coefficient (Wildman–Crippen LogP) is 2.85. The maximum atomic E-state index is 9.38. The highest BCUT2D eigenvalue weighted by Gasteiger charge is 2.16. The first-order valence-electron chi connectivity index (χ1n) is 8.06. The number of hydrogen-bond donors (Lipinski definition) is 1. The van der Waals surface area contributed by atoms with Crippen molar-refractivity contribution < 1.29 is 9.84 Å². The van der Waals surface area contributed by atoms with E-state index in [4.69, 9.17) is 9.72 Å². The lowest BCUT2D eigenvalue weighted by molar-refractivity contribution is 0.151. The molecule has 0 aliphatic rings. The molecule has 0 amide bonds. The third-order valence-corrected chi connectivity index (χ3v) is 4.37. The Morgan fingerprint density at radius 2 is 1.88 bits per heavy atom. The van der Waals surface area contributed by atoms with Gasteiger partial charge in [-0.25, -0.2) is 4.98 Å². The van der Waals surface area contributed by atoms with Crippen LogP contribution in [0.25, 0.3) is 16.7 Å². The highest BCUT2D eigenvalue weighted by molar-refractivity contribution is 5.78. The SMILES string of the molecule is COc1ccc(-n2c(CN(C)C(C)CO)nc3ccccc32)cc1. The van der Waals surface area contributed by atoms with Gasteiger partial charge in [0.1, 0.15) is 11.6 Å². The second-order valence-corrected chi connectivity index (χ2v) is 6.00. The summed E-state index contributed by atoms with van der Waals surface area (Å²) in [6, 6.07) is 16.2. The van der Waals surface area contributed by atoms with Crippen LogP contribution in [0.1, 0.15) is 12.7 Å². The molecule has 5 heteroatoms. The van der Waals surface area contributed by atoms with Gasteiger partial charge in [0.2, 0.25) is 0 Å². The van der Waals surface area contributed by atoms with Gasteiger partial charge in [0.05, 0.1) is 31.3 Å². The van der Waals surface area contributed by atoms with E-state index in [1.165, 1.54) is 0 Å². The van der Waals surface area contributed by atoms with Gasteiger partial charge in [-0.1, -0.05) is 12.1 Å². The van der Waals surface area contributed by atoms with E-state index in [0.29, 0.717) is 6.54 Å². The number of aromatic nitrogens is 2. The average molecular weight is 325 g/mol. The fraction of sp³-hybridized carbons (Fsp3) is 0.316. The number of benzene rings is 2. The van der Waals surface area contributed by atoms with E-state index in [1.54, 1.807) is 7.11 Å². The number of aliphatic hydroxyl groups excluding tert-OH is 1. The summed E-state index contributed by atoms with van der Waals surface area (Å²) in [6.45, 7) is 2.78. The van der Waals surface area contributed by atoms with Gasteiger partial charge in [-0.05, 0) is 50.4 Å². The largest absolute Gasteiger partial charge is 0.497 e. The lowest BCUT2D eigenvalue weighted by Gasteiger charge is -2.23. The van der Waals surface area contributed by atoms with Crippen LogP contribution >= 0.6 is 0 Å². The van der Waals surface area contributed by atoms with Gasteiger partial charge >= 0.3 is 0 Å². The lowest BCUT2D eigenvalue weighted by atomic mass is 10.2. The zero-order valence-electron chi connectivity index (χ0n) is 14.3. The summed E-state index contributed by atoms with van der Waals surface area (Å²) in [6.07, 6.45) is 0. The van der Waals surface area contributed by atoms with Crippen molar-refractivity contribution in [1.29, 1.82) is 0 Å². The second kappa shape index (κ2) is 7.03. The molecule has 1 unspecified atom stereocenters. The fourth-order valence-corrected chi connectivity index (χ4v) is 2.72. The minimum absolute atomic E-state index is 0.0779. The van der Waals surface area contributed by atoms with Gasteiger partial charge in [-0.15, -0.1) is 0 Å². The number of fused-ring (bicyclic) bond motifs is 1. The van der Waals surface area contributed by atoms with E-state index < -0.39 is 0 Å². The molecule has 1 N–H and O–H groups in total. The first-order valence-corrected chi connectivity index (χ1v) is 8.06. The van der Waals surface area contributed by atoms with Gasteiger partial charge in [0.25, 0.3) is 0 Å². The maximum Gasteiger partial charge on any atom is 0.128 e. The van der Waals surface area contributed by atoms with Gasteiger partial charge in [0, 0.05) is 11.7 Å². The van der Waals surface area contributed by atoms with Crippen LogP contribution in [0.4, 0.5) is 0 Å². The van der Waals surface area contributed by atoms with E-state index in [0.717, 1.165) is 28.3 Å². The Hall–Kier alpha value is -2.37. The lowest BCUT2D eigenvalue weighted by Crippen LogP contribution is -2.32. The summed E-state index contributed by atoms with van der Waals surface area (Å²) in [7, 11) is 3.66. The first-order chi connectivity index (χ1) is 11.6. The number of methoxy groups -OCH3 is 1. The van der Waals surface area contributed by atoms with E-state index in [-0.39, 0.29) is 12.6 Å². The summed E-state index contributed by atoms with van der Waals surface area (Å²) in [5.41, 5.74) is 3.08. The molecule has 126 valence electrons. The summed E-state index contributed by atoms with van der Waals surface area (Å²) in [4.78, 5) is 6.90. The summed E-state index contributed by atoms with van der Waals surface area (Å²) in [5.74, 6) is 1.78. The Kier molecular flexibility index (Phi) is 4.83. The van der Waals surface area contributed by atoms with Crippen molar-refractivity contribution in [3.05, 3.63) is 54.4 Å². The van der Waals surface area contributed by atoms with Gasteiger partial charge in [-0.2, -0.15) is 0 Å². The molecule has 0 radical (unpaired) electrons. The zero-order valence-corrected chi connectivity index (χ0v) is 14.3. The minimum Gasteiger partial charge on any atom is -0.497 e. The van der Waals surface area contributed by atoms with Crippen molar-refractivity contribution in [3.63, 3.8) is 0 Å². The Balaban J connectivity index is 2.07. The molecule has 0 bridgehead atoms. The van der Waals surface area contributed by atoms with E-state index in [1.807, 2.05) is 56.4 Å². The normalized spacial score (nSPS) is 12.7. The topological polar surface area (TPSA) is 50.5 Å². The van der Waals surface area contributed by atoms with Crippen molar-refractivity contribution in [1.82, 2.24) is 14.5 Å². The van der Waals surface area contributed by atoms with Crippen LogP contribution in [0.2, 0.25) is 0 Å². The molecule has 5 nitrogen and oxygen atoms in total. The fourth-order valence-electron chi connectivity index (χ4n) is 2.72. The molecule has 0 saturated heterocycles. The highest BCUT2D eigenvalue weighted by Crippen LogP contribution is 2.24. The molecular weight excluding hydrogens is 302 g/mol. The molecule has 1 heterocycles. The number of nitrogens with zero attached hydrogens (tertiary/aromatic N) is 3. The van der Waals surface area contributed by atoms with Gasteiger partial charge in [-0.3, -0.25) is 9.47 Å². The smallest absolute Gasteiger partial charge is 0.128 e. The first kappa shape index (κ1) is 16.5. The number of aliphatic hydroxyl groups is 1. The predicted molar refractivity (Wildman–Crippen MR) is 95.6 cm³/mol. The third-order valence-electron chi connectivity index (χ3n) is 4.37. The Labute approximate surface area is 142 Å². The van der Waals surface area contributed by atoms with Crippen molar-refractivity contribution >= 4 is 11.0 Å². The Bertz CT molecular complexity index is 811. The van der Waals surface area contributed by atoms with Crippen LogP contribution in [0, 0.1) is 0 Å². The number of hydrogen-bond acceptors (Lipinski definition) is 4.